The lowest BCUT2D eigenvalue weighted by atomic mass is 10.1. The van der Waals surface area contributed by atoms with Crippen molar-refractivity contribution in [1.82, 2.24) is 10.2 Å². The summed E-state index contributed by atoms with van der Waals surface area (Å²) in [6, 6.07) is 11.0. The number of carbonyl (C=O) groups is 1. The maximum atomic E-state index is 12.4. The van der Waals surface area contributed by atoms with Crippen molar-refractivity contribution in [2.24, 2.45) is 5.92 Å². The van der Waals surface area contributed by atoms with Crippen LogP contribution in [0.5, 0.6) is 0 Å². The quantitative estimate of drug-likeness (QED) is 0.929. The topological polar surface area (TPSA) is 41.6 Å². The van der Waals surface area contributed by atoms with E-state index < -0.39 is 5.60 Å². The van der Waals surface area contributed by atoms with Crippen LogP contribution in [-0.2, 0) is 11.3 Å². The molecule has 0 bridgehead atoms. The molecule has 3 unspecified atom stereocenters. The first-order valence-corrected chi connectivity index (χ1v) is 8.20. The average Bonchev–Trinajstić information content (AvgIpc) is 3.09. The lowest BCUT2D eigenvalue weighted by molar-refractivity contribution is 0.0184. The van der Waals surface area contributed by atoms with Crippen LogP contribution in [0.1, 0.15) is 39.2 Å². The van der Waals surface area contributed by atoms with E-state index in [2.05, 4.69) is 29.6 Å². The van der Waals surface area contributed by atoms with Gasteiger partial charge in [-0.25, -0.2) is 4.79 Å². The van der Waals surface area contributed by atoms with Gasteiger partial charge in [-0.05, 0) is 45.1 Å². The van der Waals surface area contributed by atoms with Crippen LogP contribution in [0.4, 0.5) is 4.79 Å². The summed E-state index contributed by atoms with van der Waals surface area (Å²) in [5, 5.41) is 3.48. The SMILES string of the molecule is CC(C)(C)OC(=O)N1C(CNCc2ccccc2)CC2CC21. The third kappa shape index (κ3) is 3.61. The molecule has 0 radical (unpaired) electrons. The molecule has 1 heterocycles. The molecule has 0 aromatic heterocycles. The molecule has 1 amide bonds. The molecule has 4 nitrogen and oxygen atoms in total. The molecule has 1 aliphatic carbocycles. The van der Waals surface area contributed by atoms with E-state index in [4.69, 9.17) is 4.74 Å². The highest BCUT2D eigenvalue weighted by atomic mass is 16.6. The van der Waals surface area contributed by atoms with Gasteiger partial charge in [0.1, 0.15) is 5.60 Å². The molecule has 1 saturated heterocycles. The fraction of sp³-hybridized carbons (Fsp3) is 0.611. The molecule has 2 fully saturated rings. The molecule has 120 valence electrons. The third-order valence-corrected chi connectivity index (χ3v) is 4.37. The van der Waals surface area contributed by atoms with Gasteiger partial charge in [0.25, 0.3) is 0 Å². The van der Waals surface area contributed by atoms with Gasteiger partial charge < -0.3 is 15.0 Å². The molecular weight excluding hydrogens is 276 g/mol. The van der Waals surface area contributed by atoms with E-state index in [9.17, 15) is 4.79 Å². The number of carbonyl (C=O) groups excluding carboxylic acids is 1. The Labute approximate surface area is 132 Å². The zero-order chi connectivity index (χ0) is 15.7. The Bertz CT molecular complexity index is 524. The van der Waals surface area contributed by atoms with Gasteiger partial charge >= 0.3 is 6.09 Å². The Balaban J connectivity index is 1.53. The van der Waals surface area contributed by atoms with Crippen LogP contribution >= 0.6 is 0 Å². The van der Waals surface area contributed by atoms with Gasteiger partial charge in [0.15, 0.2) is 0 Å². The number of likely N-dealkylation sites (tertiary alicyclic amines) is 1. The van der Waals surface area contributed by atoms with E-state index in [-0.39, 0.29) is 12.1 Å². The van der Waals surface area contributed by atoms with Gasteiger partial charge in [-0.3, -0.25) is 0 Å². The van der Waals surface area contributed by atoms with Crippen molar-refractivity contribution in [3.05, 3.63) is 35.9 Å². The molecule has 1 aromatic carbocycles. The van der Waals surface area contributed by atoms with Gasteiger partial charge in [0, 0.05) is 25.2 Å². The van der Waals surface area contributed by atoms with Crippen molar-refractivity contribution in [2.75, 3.05) is 6.54 Å². The first-order chi connectivity index (χ1) is 10.4. The maximum Gasteiger partial charge on any atom is 0.410 e. The molecule has 2 aliphatic rings. The third-order valence-electron chi connectivity index (χ3n) is 4.37. The first-order valence-electron chi connectivity index (χ1n) is 8.20. The molecular formula is C18H26N2O2. The van der Waals surface area contributed by atoms with Gasteiger partial charge in [0.2, 0.25) is 0 Å². The summed E-state index contributed by atoms with van der Waals surface area (Å²) < 4.78 is 5.57. The van der Waals surface area contributed by atoms with Crippen LogP contribution in [0.2, 0.25) is 0 Å². The Morgan fingerprint density at radius 1 is 1.27 bits per heavy atom. The zero-order valence-electron chi connectivity index (χ0n) is 13.7. The van der Waals surface area contributed by atoms with Crippen molar-refractivity contribution in [3.8, 4) is 0 Å². The fourth-order valence-corrected chi connectivity index (χ4v) is 3.32. The number of hydrogen-bond donors (Lipinski definition) is 1. The summed E-state index contributed by atoms with van der Waals surface area (Å²) in [6.45, 7) is 7.45. The first kappa shape index (κ1) is 15.3. The van der Waals surface area contributed by atoms with E-state index in [1.54, 1.807) is 0 Å². The van der Waals surface area contributed by atoms with E-state index >= 15 is 0 Å². The molecule has 1 saturated carbocycles. The smallest absolute Gasteiger partial charge is 0.410 e. The normalized spacial score (nSPS) is 26.7. The fourth-order valence-electron chi connectivity index (χ4n) is 3.32. The molecule has 4 heteroatoms. The number of ether oxygens (including phenoxy) is 1. The number of rotatable bonds is 4. The van der Waals surface area contributed by atoms with Crippen LogP contribution in [-0.4, -0.2) is 35.2 Å². The van der Waals surface area contributed by atoms with E-state index in [1.165, 1.54) is 5.56 Å². The standard InChI is InChI=1S/C18H26N2O2/c1-18(2,3)22-17(21)20-15(9-14-10-16(14)20)12-19-11-13-7-5-4-6-8-13/h4-8,14-16,19H,9-12H2,1-3H3. The Hall–Kier alpha value is -1.55. The number of hydrogen-bond acceptors (Lipinski definition) is 3. The van der Waals surface area contributed by atoms with E-state index in [1.807, 2.05) is 31.7 Å². The van der Waals surface area contributed by atoms with E-state index in [0.29, 0.717) is 12.0 Å². The van der Waals surface area contributed by atoms with Crippen LogP contribution in [0.15, 0.2) is 30.3 Å². The Morgan fingerprint density at radius 3 is 2.68 bits per heavy atom. The second-order valence-corrected chi connectivity index (χ2v) is 7.46. The van der Waals surface area contributed by atoms with Gasteiger partial charge in [0.05, 0.1) is 0 Å². The van der Waals surface area contributed by atoms with Crippen LogP contribution in [0.25, 0.3) is 0 Å². The number of nitrogens with one attached hydrogen (secondary N) is 1. The van der Waals surface area contributed by atoms with Crippen molar-refractivity contribution in [3.63, 3.8) is 0 Å². The molecule has 0 spiro atoms. The summed E-state index contributed by atoms with van der Waals surface area (Å²) in [5.74, 6) is 0.691. The highest BCUT2D eigenvalue weighted by molar-refractivity contribution is 5.70. The lowest BCUT2D eigenvalue weighted by Crippen LogP contribution is -2.46. The van der Waals surface area contributed by atoms with Crippen LogP contribution in [0.3, 0.4) is 0 Å². The number of piperidine rings is 1. The van der Waals surface area contributed by atoms with Crippen LogP contribution in [0, 0.1) is 5.92 Å². The number of amides is 1. The summed E-state index contributed by atoms with van der Waals surface area (Å²) in [4.78, 5) is 14.4. The molecule has 1 aliphatic heterocycles. The van der Waals surface area contributed by atoms with Gasteiger partial charge in [-0.15, -0.1) is 0 Å². The van der Waals surface area contributed by atoms with Crippen LogP contribution < -0.4 is 5.32 Å². The van der Waals surface area contributed by atoms with Crippen molar-refractivity contribution < 1.29 is 9.53 Å². The predicted octanol–water partition coefficient (Wildman–Crippen LogP) is 3.17. The second-order valence-electron chi connectivity index (χ2n) is 7.46. The summed E-state index contributed by atoms with van der Waals surface area (Å²) >= 11 is 0. The average molecular weight is 302 g/mol. The van der Waals surface area contributed by atoms with E-state index in [0.717, 1.165) is 25.9 Å². The highest BCUT2D eigenvalue weighted by Crippen LogP contribution is 2.48. The minimum Gasteiger partial charge on any atom is -0.444 e. The Kier molecular flexibility index (Phi) is 4.13. The molecule has 3 atom stereocenters. The Morgan fingerprint density at radius 2 is 2.00 bits per heavy atom. The second kappa shape index (κ2) is 5.92. The van der Waals surface area contributed by atoms with Crippen molar-refractivity contribution >= 4 is 6.09 Å². The minimum absolute atomic E-state index is 0.149. The number of fused-ring (bicyclic) bond motifs is 1. The molecule has 1 N–H and O–H groups in total. The number of nitrogens with zero attached hydrogens (tertiary/aromatic N) is 1. The number of benzene rings is 1. The monoisotopic (exact) mass is 302 g/mol. The van der Waals surface area contributed by atoms with Crippen molar-refractivity contribution in [1.29, 1.82) is 0 Å². The predicted molar refractivity (Wildman–Crippen MR) is 86.5 cm³/mol. The minimum atomic E-state index is -0.425. The van der Waals surface area contributed by atoms with Gasteiger partial charge in [-0.1, -0.05) is 30.3 Å². The largest absolute Gasteiger partial charge is 0.444 e. The molecule has 3 rings (SSSR count). The molecule has 22 heavy (non-hydrogen) atoms. The van der Waals surface area contributed by atoms with Crippen molar-refractivity contribution in [2.45, 2.75) is 57.8 Å². The lowest BCUT2D eigenvalue weighted by Gasteiger charge is -2.30. The summed E-state index contributed by atoms with van der Waals surface area (Å²) in [5.41, 5.74) is 0.848. The summed E-state index contributed by atoms with van der Waals surface area (Å²) in [6.07, 6.45) is 2.10. The van der Waals surface area contributed by atoms with Gasteiger partial charge in [-0.2, -0.15) is 0 Å². The summed E-state index contributed by atoms with van der Waals surface area (Å²) in [7, 11) is 0. The maximum absolute atomic E-state index is 12.4. The highest BCUT2D eigenvalue weighted by Gasteiger charge is 2.54. The molecule has 1 aromatic rings. The zero-order valence-corrected chi connectivity index (χ0v) is 13.7.